The number of fused-ring (bicyclic) bond motifs is 1. The monoisotopic (exact) mass is 239 g/mol. The summed E-state index contributed by atoms with van der Waals surface area (Å²) in [6.45, 7) is 1.84. The molecule has 90 valence electrons. The molecule has 0 unspecified atom stereocenters. The third kappa shape index (κ3) is 1.54. The maximum Gasteiger partial charge on any atom is 0.253 e. The smallest absolute Gasteiger partial charge is 0.253 e. The van der Waals surface area contributed by atoms with E-state index in [4.69, 9.17) is 0 Å². The summed E-state index contributed by atoms with van der Waals surface area (Å²) in [7, 11) is 1.76. The Bertz CT molecular complexity index is 783. The highest BCUT2D eigenvalue weighted by atomic mass is 16.1. The number of rotatable bonds is 1. The second-order valence-corrected chi connectivity index (χ2v) is 4.40. The normalized spacial score (nSPS) is 11.0. The summed E-state index contributed by atoms with van der Waals surface area (Å²) in [4.78, 5) is 19.4. The number of pyridine rings is 2. The molecule has 0 aliphatic heterocycles. The first-order valence-corrected chi connectivity index (χ1v) is 5.76. The Kier molecular flexibility index (Phi) is 2.30. The van der Waals surface area contributed by atoms with Crippen LogP contribution < -0.4 is 5.56 Å². The van der Waals surface area contributed by atoms with Crippen molar-refractivity contribution in [3.63, 3.8) is 0 Å². The average molecular weight is 239 g/mol. The molecule has 0 fully saturated rings. The lowest BCUT2D eigenvalue weighted by Crippen LogP contribution is -2.18. The lowest BCUT2D eigenvalue weighted by molar-refractivity contribution is 0.850. The topological polar surface area (TPSA) is 50.7 Å². The standard InChI is InChI=1S/C14H13N3O/c1-9-11(4-6-17(2)14(9)18)10-7-13-12(16-8-10)3-5-15-13/h3-8,15H,1-2H3. The van der Waals surface area contributed by atoms with Gasteiger partial charge in [0.25, 0.3) is 5.56 Å². The number of hydrogen-bond acceptors (Lipinski definition) is 2. The average Bonchev–Trinajstić information content (AvgIpc) is 2.83. The van der Waals surface area contributed by atoms with Gasteiger partial charge in [-0.15, -0.1) is 0 Å². The first-order chi connectivity index (χ1) is 8.66. The quantitative estimate of drug-likeness (QED) is 0.708. The molecule has 0 amide bonds. The Labute approximate surface area is 104 Å². The molecule has 0 aliphatic carbocycles. The van der Waals surface area contributed by atoms with Crippen LogP contribution in [0.25, 0.3) is 22.2 Å². The minimum atomic E-state index is 0.0269. The summed E-state index contributed by atoms with van der Waals surface area (Å²) in [5.41, 5.74) is 4.57. The van der Waals surface area contributed by atoms with Crippen LogP contribution in [0.3, 0.4) is 0 Å². The van der Waals surface area contributed by atoms with Gasteiger partial charge in [0.05, 0.1) is 11.0 Å². The molecule has 0 spiro atoms. The molecule has 18 heavy (non-hydrogen) atoms. The molecule has 4 heteroatoms. The molecule has 3 aromatic heterocycles. The molecule has 0 saturated carbocycles. The third-order valence-corrected chi connectivity index (χ3v) is 3.22. The van der Waals surface area contributed by atoms with Crippen molar-refractivity contribution in [1.29, 1.82) is 0 Å². The highest BCUT2D eigenvalue weighted by molar-refractivity contribution is 5.81. The molecular formula is C14H13N3O. The summed E-state index contributed by atoms with van der Waals surface area (Å²) in [5, 5.41) is 0. The minimum Gasteiger partial charge on any atom is -0.360 e. The van der Waals surface area contributed by atoms with Gasteiger partial charge in [-0.2, -0.15) is 0 Å². The van der Waals surface area contributed by atoms with Gasteiger partial charge in [-0.25, -0.2) is 0 Å². The van der Waals surface area contributed by atoms with Crippen LogP contribution in [0, 0.1) is 6.92 Å². The molecule has 0 atom stereocenters. The predicted molar refractivity (Wildman–Crippen MR) is 71.5 cm³/mol. The molecule has 3 aromatic rings. The van der Waals surface area contributed by atoms with E-state index in [9.17, 15) is 4.79 Å². The Morgan fingerprint density at radius 3 is 3.00 bits per heavy atom. The molecule has 0 bridgehead atoms. The van der Waals surface area contributed by atoms with Crippen molar-refractivity contribution in [2.75, 3.05) is 0 Å². The summed E-state index contributed by atoms with van der Waals surface area (Å²) >= 11 is 0. The van der Waals surface area contributed by atoms with Gasteiger partial charge in [-0.3, -0.25) is 9.78 Å². The van der Waals surface area contributed by atoms with Gasteiger partial charge >= 0.3 is 0 Å². The number of hydrogen-bond donors (Lipinski definition) is 1. The maximum absolute atomic E-state index is 11.9. The van der Waals surface area contributed by atoms with Crippen LogP contribution in [-0.4, -0.2) is 14.5 Å². The van der Waals surface area contributed by atoms with Gasteiger partial charge in [0.15, 0.2) is 0 Å². The van der Waals surface area contributed by atoms with E-state index in [2.05, 4.69) is 9.97 Å². The van der Waals surface area contributed by atoms with E-state index >= 15 is 0 Å². The van der Waals surface area contributed by atoms with Crippen LogP contribution in [0.5, 0.6) is 0 Å². The van der Waals surface area contributed by atoms with Gasteiger partial charge in [0.1, 0.15) is 0 Å². The van der Waals surface area contributed by atoms with E-state index in [1.807, 2.05) is 31.3 Å². The molecular weight excluding hydrogens is 226 g/mol. The van der Waals surface area contributed by atoms with Crippen LogP contribution in [-0.2, 0) is 7.05 Å². The number of aromatic amines is 1. The predicted octanol–water partition coefficient (Wildman–Crippen LogP) is 2.24. The van der Waals surface area contributed by atoms with Crippen molar-refractivity contribution >= 4 is 11.0 Å². The summed E-state index contributed by atoms with van der Waals surface area (Å²) in [6.07, 6.45) is 5.44. The second-order valence-electron chi connectivity index (χ2n) is 4.40. The molecule has 4 nitrogen and oxygen atoms in total. The van der Waals surface area contributed by atoms with E-state index in [1.54, 1.807) is 24.0 Å². The van der Waals surface area contributed by atoms with Crippen molar-refractivity contribution in [2.24, 2.45) is 7.05 Å². The van der Waals surface area contributed by atoms with Gasteiger partial charge in [-0.1, -0.05) is 0 Å². The fourth-order valence-corrected chi connectivity index (χ4v) is 2.15. The van der Waals surface area contributed by atoms with E-state index in [1.165, 1.54) is 0 Å². The van der Waals surface area contributed by atoms with Gasteiger partial charge in [0, 0.05) is 36.8 Å². The number of aromatic nitrogens is 3. The zero-order chi connectivity index (χ0) is 12.7. The highest BCUT2D eigenvalue weighted by Gasteiger charge is 2.07. The lowest BCUT2D eigenvalue weighted by Gasteiger charge is -2.07. The van der Waals surface area contributed by atoms with E-state index in [0.29, 0.717) is 0 Å². The van der Waals surface area contributed by atoms with E-state index < -0.39 is 0 Å². The van der Waals surface area contributed by atoms with Gasteiger partial charge < -0.3 is 9.55 Å². The number of nitrogens with one attached hydrogen (secondary N) is 1. The minimum absolute atomic E-state index is 0.0269. The van der Waals surface area contributed by atoms with Crippen molar-refractivity contribution < 1.29 is 0 Å². The van der Waals surface area contributed by atoms with Crippen LogP contribution in [0.1, 0.15) is 5.56 Å². The number of nitrogens with zero attached hydrogens (tertiary/aromatic N) is 2. The summed E-state index contributed by atoms with van der Waals surface area (Å²) < 4.78 is 1.58. The van der Waals surface area contributed by atoms with Crippen molar-refractivity contribution in [1.82, 2.24) is 14.5 Å². The van der Waals surface area contributed by atoms with Crippen molar-refractivity contribution in [3.8, 4) is 11.1 Å². The Morgan fingerprint density at radius 1 is 1.33 bits per heavy atom. The molecule has 3 rings (SSSR count). The van der Waals surface area contributed by atoms with E-state index in [-0.39, 0.29) is 5.56 Å². The maximum atomic E-state index is 11.9. The fraction of sp³-hybridized carbons (Fsp3) is 0.143. The van der Waals surface area contributed by atoms with Crippen molar-refractivity contribution in [2.45, 2.75) is 6.92 Å². The molecule has 1 N–H and O–H groups in total. The van der Waals surface area contributed by atoms with Gasteiger partial charge in [0.2, 0.25) is 0 Å². The first kappa shape index (κ1) is 10.8. The number of aryl methyl sites for hydroxylation is 1. The van der Waals surface area contributed by atoms with Crippen LogP contribution in [0.2, 0.25) is 0 Å². The Morgan fingerprint density at radius 2 is 2.17 bits per heavy atom. The van der Waals surface area contributed by atoms with Crippen molar-refractivity contribution in [3.05, 3.63) is 52.7 Å². The third-order valence-electron chi connectivity index (χ3n) is 3.22. The molecule has 0 aliphatic rings. The Hall–Kier alpha value is -2.36. The molecule has 0 saturated heterocycles. The highest BCUT2D eigenvalue weighted by Crippen LogP contribution is 2.23. The van der Waals surface area contributed by atoms with E-state index in [0.717, 1.165) is 27.7 Å². The SMILES string of the molecule is Cc1c(-c2cnc3cc[nH]c3c2)ccn(C)c1=O. The summed E-state index contributed by atoms with van der Waals surface area (Å²) in [5.74, 6) is 0. The molecule has 0 aromatic carbocycles. The van der Waals surface area contributed by atoms with Crippen LogP contribution in [0.15, 0.2) is 41.6 Å². The summed E-state index contributed by atoms with van der Waals surface area (Å²) in [6, 6.07) is 5.89. The molecule has 3 heterocycles. The first-order valence-electron chi connectivity index (χ1n) is 5.76. The van der Waals surface area contributed by atoms with Gasteiger partial charge in [-0.05, 0) is 30.7 Å². The largest absolute Gasteiger partial charge is 0.360 e. The zero-order valence-corrected chi connectivity index (χ0v) is 10.3. The zero-order valence-electron chi connectivity index (χ0n) is 10.3. The molecule has 0 radical (unpaired) electrons. The fourth-order valence-electron chi connectivity index (χ4n) is 2.15. The van der Waals surface area contributed by atoms with Crippen LogP contribution >= 0.6 is 0 Å². The number of H-pyrrole nitrogens is 1. The lowest BCUT2D eigenvalue weighted by atomic mass is 10.0. The van der Waals surface area contributed by atoms with Crippen LogP contribution in [0.4, 0.5) is 0 Å². The Balaban J connectivity index is 2.25. The second kappa shape index (κ2) is 3.84.